The highest BCUT2D eigenvalue weighted by molar-refractivity contribution is 7.15. The molecule has 1 N–H and O–H groups in total. The smallest absolute Gasteiger partial charge is 0.195 e. The molecule has 0 saturated heterocycles. The molecule has 0 amide bonds. The van der Waals surface area contributed by atoms with Crippen LogP contribution in [0.15, 0.2) is 18.3 Å². The molecule has 2 rings (SSSR count). The van der Waals surface area contributed by atoms with E-state index in [2.05, 4.69) is 4.98 Å². The molecular weight excluding hydrogens is 251 g/mol. The average molecular weight is 259 g/mol. The Morgan fingerprint density at radius 1 is 1.24 bits per heavy atom. The van der Waals surface area contributed by atoms with Crippen molar-refractivity contribution in [3.8, 4) is 10.6 Å². The summed E-state index contributed by atoms with van der Waals surface area (Å²) in [7, 11) is 0. The zero-order chi connectivity index (χ0) is 12.6. The summed E-state index contributed by atoms with van der Waals surface area (Å²) in [6.07, 6.45) is 0.653. The number of aliphatic hydroxyl groups excluding tert-OH is 1. The molecule has 0 saturated carbocycles. The summed E-state index contributed by atoms with van der Waals surface area (Å²) < 4.78 is 39.2. The lowest BCUT2D eigenvalue weighted by atomic mass is 10.2. The number of nitrogens with zero attached hydrogens (tertiary/aromatic N) is 1. The van der Waals surface area contributed by atoms with Crippen LogP contribution < -0.4 is 0 Å². The highest BCUT2D eigenvalue weighted by Gasteiger charge is 2.17. The van der Waals surface area contributed by atoms with Gasteiger partial charge in [-0.2, -0.15) is 0 Å². The Morgan fingerprint density at radius 3 is 2.53 bits per heavy atom. The summed E-state index contributed by atoms with van der Waals surface area (Å²) in [4.78, 5) is 4.40. The fourth-order valence-corrected chi connectivity index (χ4v) is 2.17. The Morgan fingerprint density at radius 2 is 1.94 bits per heavy atom. The van der Waals surface area contributed by atoms with Crippen molar-refractivity contribution in [1.82, 2.24) is 4.98 Å². The normalized spacial score (nSPS) is 12.8. The van der Waals surface area contributed by atoms with Crippen LogP contribution in [0.2, 0.25) is 0 Å². The highest BCUT2D eigenvalue weighted by Crippen LogP contribution is 2.31. The van der Waals surface area contributed by atoms with Crippen LogP contribution in [0.5, 0.6) is 0 Å². The van der Waals surface area contributed by atoms with E-state index in [0.29, 0.717) is 4.88 Å². The van der Waals surface area contributed by atoms with Crippen LogP contribution in [-0.2, 0) is 0 Å². The van der Waals surface area contributed by atoms with Gasteiger partial charge >= 0.3 is 0 Å². The third-order valence-electron chi connectivity index (χ3n) is 2.20. The van der Waals surface area contributed by atoms with Gasteiger partial charge in [-0.1, -0.05) is 0 Å². The SMILES string of the molecule is CC(O)c1cnc(-c2ccc(F)c(F)c2F)s1. The van der Waals surface area contributed by atoms with E-state index in [4.69, 9.17) is 0 Å². The first kappa shape index (κ1) is 12.1. The standard InChI is InChI=1S/C11H8F3NOS/c1-5(16)8-4-15-11(17-8)6-2-3-7(12)10(14)9(6)13/h2-5,16H,1H3. The van der Waals surface area contributed by atoms with E-state index in [1.54, 1.807) is 6.92 Å². The van der Waals surface area contributed by atoms with E-state index < -0.39 is 23.6 Å². The van der Waals surface area contributed by atoms with Gasteiger partial charge in [-0.15, -0.1) is 11.3 Å². The van der Waals surface area contributed by atoms with Gasteiger partial charge in [-0.3, -0.25) is 0 Å². The van der Waals surface area contributed by atoms with Crippen LogP contribution in [0.1, 0.15) is 17.9 Å². The maximum Gasteiger partial charge on any atom is 0.195 e. The first-order valence-electron chi connectivity index (χ1n) is 4.78. The Balaban J connectivity index is 2.49. The van der Waals surface area contributed by atoms with Crippen molar-refractivity contribution in [3.63, 3.8) is 0 Å². The Labute approximate surface area is 99.4 Å². The third kappa shape index (κ3) is 2.18. The monoisotopic (exact) mass is 259 g/mol. The molecule has 0 aliphatic rings. The molecule has 90 valence electrons. The zero-order valence-corrected chi connectivity index (χ0v) is 9.56. The van der Waals surface area contributed by atoms with Gasteiger partial charge in [-0.25, -0.2) is 18.2 Å². The first-order valence-corrected chi connectivity index (χ1v) is 5.60. The molecule has 0 aliphatic heterocycles. The van der Waals surface area contributed by atoms with Crippen LogP contribution in [0.4, 0.5) is 13.2 Å². The van der Waals surface area contributed by atoms with Crippen LogP contribution in [0, 0.1) is 17.5 Å². The molecule has 1 unspecified atom stereocenters. The van der Waals surface area contributed by atoms with Crippen molar-refractivity contribution < 1.29 is 18.3 Å². The number of halogens is 3. The van der Waals surface area contributed by atoms with Gasteiger partial charge in [0.1, 0.15) is 5.01 Å². The van der Waals surface area contributed by atoms with Gasteiger partial charge in [0.25, 0.3) is 0 Å². The third-order valence-corrected chi connectivity index (χ3v) is 3.40. The predicted molar refractivity (Wildman–Crippen MR) is 58.1 cm³/mol. The summed E-state index contributed by atoms with van der Waals surface area (Å²) in [5, 5.41) is 9.50. The van der Waals surface area contributed by atoms with Crippen LogP contribution in [0.25, 0.3) is 10.6 Å². The van der Waals surface area contributed by atoms with E-state index >= 15 is 0 Å². The van der Waals surface area contributed by atoms with Crippen LogP contribution in [0.3, 0.4) is 0 Å². The van der Waals surface area contributed by atoms with Crippen LogP contribution >= 0.6 is 11.3 Å². The average Bonchev–Trinajstić information content (AvgIpc) is 2.75. The predicted octanol–water partition coefficient (Wildman–Crippen LogP) is 3.28. The molecule has 1 atom stereocenters. The number of hydrogen-bond donors (Lipinski definition) is 1. The second-order valence-corrected chi connectivity index (χ2v) is 4.53. The molecule has 2 aromatic rings. The van der Waals surface area contributed by atoms with Crippen molar-refractivity contribution in [1.29, 1.82) is 0 Å². The van der Waals surface area contributed by atoms with Crippen molar-refractivity contribution in [2.45, 2.75) is 13.0 Å². The summed E-state index contributed by atoms with van der Waals surface area (Å²) in [5.74, 6) is -4.02. The van der Waals surface area contributed by atoms with E-state index in [1.165, 1.54) is 6.20 Å². The van der Waals surface area contributed by atoms with Gasteiger partial charge in [0.15, 0.2) is 17.5 Å². The molecule has 2 nitrogen and oxygen atoms in total. The molecule has 1 heterocycles. The molecule has 0 radical (unpaired) electrons. The molecule has 0 bridgehead atoms. The van der Waals surface area contributed by atoms with Gasteiger partial charge in [0.05, 0.1) is 11.0 Å². The van der Waals surface area contributed by atoms with E-state index in [9.17, 15) is 18.3 Å². The second kappa shape index (κ2) is 4.46. The number of benzene rings is 1. The van der Waals surface area contributed by atoms with Gasteiger partial charge < -0.3 is 5.11 Å². The van der Waals surface area contributed by atoms with Crippen molar-refractivity contribution in [3.05, 3.63) is 40.7 Å². The Hall–Kier alpha value is -1.40. The molecule has 1 aromatic carbocycles. The molecule has 0 spiro atoms. The van der Waals surface area contributed by atoms with Gasteiger partial charge in [0.2, 0.25) is 0 Å². The lowest BCUT2D eigenvalue weighted by molar-refractivity contribution is 0.203. The maximum atomic E-state index is 13.4. The number of hydrogen-bond acceptors (Lipinski definition) is 3. The Bertz CT molecular complexity index is 554. The maximum absolute atomic E-state index is 13.4. The fourth-order valence-electron chi connectivity index (χ4n) is 1.30. The molecule has 6 heteroatoms. The van der Waals surface area contributed by atoms with Gasteiger partial charge in [0, 0.05) is 11.8 Å². The molecular formula is C11H8F3NOS. The summed E-state index contributed by atoms with van der Waals surface area (Å²) in [6.45, 7) is 1.54. The van der Waals surface area contributed by atoms with E-state index in [1.807, 2.05) is 0 Å². The topological polar surface area (TPSA) is 33.1 Å². The first-order chi connectivity index (χ1) is 8.00. The van der Waals surface area contributed by atoms with Crippen LogP contribution in [-0.4, -0.2) is 10.1 Å². The van der Waals surface area contributed by atoms with E-state index in [0.717, 1.165) is 23.5 Å². The van der Waals surface area contributed by atoms with Crippen molar-refractivity contribution >= 4 is 11.3 Å². The highest BCUT2D eigenvalue weighted by atomic mass is 32.1. The molecule has 1 aromatic heterocycles. The molecule has 17 heavy (non-hydrogen) atoms. The summed E-state index contributed by atoms with van der Waals surface area (Å²) in [5.41, 5.74) is -0.110. The lowest BCUT2D eigenvalue weighted by Gasteiger charge is -2.01. The zero-order valence-electron chi connectivity index (χ0n) is 8.75. The minimum Gasteiger partial charge on any atom is -0.388 e. The Kier molecular flexibility index (Phi) is 3.17. The van der Waals surface area contributed by atoms with E-state index in [-0.39, 0.29) is 10.6 Å². The quantitative estimate of drug-likeness (QED) is 0.839. The van der Waals surface area contributed by atoms with Crippen molar-refractivity contribution in [2.24, 2.45) is 0 Å². The largest absolute Gasteiger partial charge is 0.388 e. The second-order valence-electron chi connectivity index (χ2n) is 3.47. The lowest BCUT2D eigenvalue weighted by Crippen LogP contribution is -1.93. The number of rotatable bonds is 2. The number of aromatic nitrogens is 1. The fraction of sp³-hybridized carbons (Fsp3) is 0.182. The minimum absolute atomic E-state index is 0.110. The summed E-state index contributed by atoms with van der Waals surface area (Å²) in [6, 6.07) is 1.97. The summed E-state index contributed by atoms with van der Waals surface area (Å²) >= 11 is 1.03. The number of thiazole rings is 1. The molecule has 0 fully saturated rings. The minimum atomic E-state index is -1.52. The number of aliphatic hydroxyl groups is 1. The van der Waals surface area contributed by atoms with Crippen molar-refractivity contribution in [2.75, 3.05) is 0 Å². The van der Waals surface area contributed by atoms with Gasteiger partial charge in [-0.05, 0) is 19.1 Å². The molecule has 0 aliphatic carbocycles.